The second-order valence-electron chi connectivity index (χ2n) is 3.91. The van der Waals surface area contributed by atoms with Gasteiger partial charge in [0.05, 0.1) is 11.3 Å². The highest BCUT2D eigenvalue weighted by Crippen LogP contribution is 2.22. The molecule has 4 nitrogen and oxygen atoms in total. The van der Waals surface area contributed by atoms with Crippen LogP contribution in [0, 0.1) is 0 Å². The Bertz CT molecular complexity index is 395. The van der Waals surface area contributed by atoms with E-state index in [1.165, 1.54) is 0 Å². The summed E-state index contributed by atoms with van der Waals surface area (Å²) in [5, 5.41) is 20.9. The van der Waals surface area contributed by atoms with E-state index in [0.717, 1.165) is 10.9 Å². The van der Waals surface area contributed by atoms with E-state index in [-0.39, 0.29) is 18.2 Å². The Kier molecular flexibility index (Phi) is 5.44. The van der Waals surface area contributed by atoms with Gasteiger partial charge in [-0.25, -0.2) is 4.79 Å². The van der Waals surface area contributed by atoms with E-state index >= 15 is 0 Å². The van der Waals surface area contributed by atoms with Crippen molar-refractivity contribution in [1.82, 2.24) is 0 Å². The van der Waals surface area contributed by atoms with Crippen LogP contribution in [-0.2, 0) is 0 Å². The number of anilines is 1. The molecule has 94 valence electrons. The Hall–Kier alpha value is -1.07. The number of carboxylic acids is 1. The second kappa shape index (κ2) is 6.61. The summed E-state index contributed by atoms with van der Waals surface area (Å²) in [4.78, 5) is 11.0. The molecule has 3 N–H and O–H groups in total. The van der Waals surface area contributed by atoms with Gasteiger partial charge in [0, 0.05) is 17.1 Å². The van der Waals surface area contributed by atoms with E-state index in [9.17, 15) is 4.79 Å². The number of hydrogen-bond acceptors (Lipinski definition) is 3. The molecule has 1 aromatic rings. The summed E-state index contributed by atoms with van der Waals surface area (Å²) >= 11 is 3.32. The monoisotopic (exact) mass is 301 g/mol. The van der Waals surface area contributed by atoms with Crippen LogP contribution in [0.1, 0.15) is 30.1 Å². The molecule has 0 saturated carbocycles. The van der Waals surface area contributed by atoms with Gasteiger partial charge in [0.25, 0.3) is 0 Å². The van der Waals surface area contributed by atoms with Gasteiger partial charge >= 0.3 is 5.97 Å². The number of carbonyl (C=O) groups is 1. The zero-order valence-corrected chi connectivity index (χ0v) is 11.2. The molecule has 0 aliphatic heterocycles. The van der Waals surface area contributed by atoms with Crippen LogP contribution in [-0.4, -0.2) is 28.8 Å². The Morgan fingerprint density at radius 3 is 2.82 bits per heavy atom. The molecule has 1 unspecified atom stereocenters. The minimum absolute atomic E-state index is 0.120. The average Bonchev–Trinajstić information content (AvgIpc) is 2.26. The lowest BCUT2D eigenvalue weighted by atomic mass is 10.1. The molecular formula is C12H16BrNO3. The third-order valence-electron chi connectivity index (χ3n) is 2.41. The van der Waals surface area contributed by atoms with Crippen LogP contribution in [0.4, 0.5) is 5.69 Å². The zero-order valence-electron chi connectivity index (χ0n) is 9.61. The highest BCUT2D eigenvalue weighted by molar-refractivity contribution is 9.10. The molecule has 1 aromatic carbocycles. The van der Waals surface area contributed by atoms with Gasteiger partial charge in [0.2, 0.25) is 0 Å². The number of hydrogen-bond donors (Lipinski definition) is 3. The van der Waals surface area contributed by atoms with Gasteiger partial charge in [-0.05, 0) is 38.0 Å². The molecule has 0 radical (unpaired) electrons. The first-order chi connectivity index (χ1) is 8.04. The van der Waals surface area contributed by atoms with Crippen molar-refractivity contribution in [2.75, 3.05) is 11.9 Å². The number of rotatable bonds is 6. The second-order valence-corrected chi connectivity index (χ2v) is 4.82. The zero-order chi connectivity index (χ0) is 12.8. The van der Waals surface area contributed by atoms with Crippen molar-refractivity contribution in [1.29, 1.82) is 0 Å². The maximum atomic E-state index is 11.0. The highest BCUT2D eigenvalue weighted by Gasteiger charge is 2.12. The van der Waals surface area contributed by atoms with Crippen LogP contribution in [0.2, 0.25) is 0 Å². The average molecular weight is 302 g/mol. The molecule has 0 fully saturated rings. The smallest absolute Gasteiger partial charge is 0.337 e. The maximum Gasteiger partial charge on any atom is 0.337 e. The molecule has 1 rings (SSSR count). The molecule has 1 atom stereocenters. The molecule has 0 bridgehead atoms. The van der Waals surface area contributed by atoms with Crippen LogP contribution in [0.5, 0.6) is 0 Å². The van der Waals surface area contributed by atoms with Crippen molar-refractivity contribution in [3.05, 3.63) is 28.2 Å². The van der Waals surface area contributed by atoms with Gasteiger partial charge in [0.1, 0.15) is 0 Å². The summed E-state index contributed by atoms with van der Waals surface area (Å²) in [6, 6.07) is 5.13. The maximum absolute atomic E-state index is 11.0. The third kappa shape index (κ3) is 4.36. The number of halogens is 1. The van der Waals surface area contributed by atoms with Crippen molar-refractivity contribution in [2.24, 2.45) is 0 Å². The van der Waals surface area contributed by atoms with Gasteiger partial charge in [-0.3, -0.25) is 0 Å². The van der Waals surface area contributed by atoms with Crippen molar-refractivity contribution >= 4 is 27.6 Å². The van der Waals surface area contributed by atoms with E-state index in [1.807, 2.05) is 6.92 Å². The Balaban J connectivity index is 2.81. The number of nitrogens with one attached hydrogen (secondary N) is 1. The molecule has 0 aromatic heterocycles. The predicted octanol–water partition coefficient (Wildman–Crippen LogP) is 2.72. The minimum Gasteiger partial charge on any atom is -0.478 e. The van der Waals surface area contributed by atoms with Crippen molar-refractivity contribution in [2.45, 2.75) is 25.8 Å². The third-order valence-corrected chi connectivity index (χ3v) is 2.90. The fraction of sp³-hybridized carbons (Fsp3) is 0.417. The molecule has 0 heterocycles. The van der Waals surface area contributed by atoms with Crippen molar-refractivity contribution in [3.63, 3.8) is 0 Å². The highest BCUT2D eigenvalue weighted by atomic mass is 79.9. The lowest BCUT2D eigenvalue weighted by Gasteiger charge is -2.16. The molecule has 0 spiro atoms. The first-order valence-electron chi connectivity index (χ1n) is 5.45. The summed E-state index contributed by atoms with van der Waals surface area (Å²) in [5.74, 6) is -0.950. The standard InChI is InChI=1S/C12H16BrNO3/c1-8(3-2-6-15)14-11-7-9(13)4-5-10(11)12(16)17/h4-5,7-8,14-15H,2-3,6H2,1H3,(H,16,17). The summed E-state index contributed by atoms with van der Waals surface area (Å²) in [6.45, 7) is 2.11. The summed E-state index contributed by atoms with van der Waals surface area (Å²) < 4.78 is 0.833. The lowest BCUT2D eigenvalue weighted by Crippen LogP contribution is -2.17. The number of benzene rings is 1. The topological polar surface area (TPSA) is 69.6 Å². The molecule has 0 saturated heterocycles. The van der Waals surface area contributed by atoms with Crippen LogP contribution in [0.3, 0.4) is 0 Å². The van der Waals surface area contributed by atoms with Crippen LogP contribution in [0.25, 0.3) is 0 Å². The largest absolute Gasteiger partial charge is 0.478 e. The predicted molar refractivity (Wildman–Crippen MR) is 70.5 cm³/mol. The minimum atomic E-state index is -0.950. The van der Waals surface area contributed by atoms with Crippen LogP contribution < -0.4 is 5.32 Å². The first-order valence-corrected chi connectivity index (χ1v) is 6.24. The van der Waals surface area contributed by atoms with Gasteiger partial charge in [-0.2, -0.15) is 0 Å². The van der Waals surface area contributed by atoms with Crippen molar-refractivity contribution in [3.8, 4) is 0 Å². The van der Waals surface area contributed by atoms with E-state index in [0.29, 0.717) is 12.1 Å². The van der Waals surface area contributed by atoms with Gasteiger partial charge in [-0.15, -0.1) is 0 Å². The normalized spacial score (nSPS) is 12.2. The summed E-state index contributed by atoms with van der Waals surface area (Å²) in [5.41, 5.74) is 0.848. The van der Waals surface area contributed by atoms with Gasteiger partial charge < -0.3 is 15.5 Å². The Labute approximate surface area is 109 Å². The van der Waals surface area contributed by atoms with Crippen LogP contribution >= 0.6 is 15.9 Å². The number of aromatic carboxylic acids is 1. The fourth-order valence-corrected chi connectivity index (χ4v) is 1.92. The molecule has 17 heavy (non-hydrogen) atoms. The van der Waals surface area contributed by atoms with Gasteiger partial charge in [0.15, 0.2) is 0 Å². The molecule has 0 aliphatic carbocycles. The van der Waals surface area contributed by atoms with Crippen molar-refractivity contribution < 1.29 is 15.0 Å². The van der Waals surface area contributed by atoms with Gasteiger partial charge in [-0.1, -0.05) is 15.9 Å². The molecule has 5 heteroatoms. The molecule has 0 amide bonds. The van der Waals surface area contributed by atoms with Crippen LogP contribution in [0.15, 0.2) is 22.7 Å². The quantitative estimate of drug-likeness (QED) is 0.755. The number of aliphatic hydroxyl groups excluding tert-OH is 1. The SMILES string of the molecule is CC(CCCO)Nc1cc(Br)ccc1C(=O)O. The Morgan fingerprint density at radius 1 is 1.53 bits per heavy atom. The number of carboxylic acid groups (broad SMARTS) is 1. The number of aliphatic hydroxyl groups is 1. The van der Waals surface area contributed by atoms with E-state index in [4.69, 9.17) is 10.2 Å². The lowest BCUT2D eigenvalue weighted by molar-refractivity contribution is 0.0698. The fourth-order valence-electron chi connectivity index (χ4n) is 1.56. The summed E-state index contributed by atoms with van der Waals surface area (Å²) in [6.07, 6.45) is 1.49. The Morgan fingerprint density at radius 2 is 2.24 bits per heavy atom. The van der Waals surface area contributed by atoms with E-state index in [2.05, 4.69) is 21.2 Å². The van der Waals surface area contributed by atoms with E-state index in [1.54, 1.807) is 18.2 Å². The molecular weight excluding hydrogens is 286 g/mol. The molecule has 0 aliphatic rings. The van der Waals surface area contributed by atoms with E-state index < -0.39 is 5.97 Å². The first kappa shape index (κ1) is 14.0. The summed E-state index contributed by atoms with van der Waals surface area (Å²) in [7, 11) is 0.